The van der Waals surface area contributed by atoms with Gasteiger partial charge in [-0.2, -0.15) is 0 Å². The van der Waals surface area contributed by atoms with E-state index in [0.29, 0.717) is 5.56 Å². The van der Waals surface area contributed by atoms with Crippen molar-refractivity contribution in [1.82, 2.24) is 4.90 Å². The number of Topliss-reactive ketones (excluding diaryl/α,β-unsaturated/α-hetero) is 1. The number of hydrogen-bond donors (Lipinski definition) is 0. The van der Waals surface area contributed by atoms with Crippen molar-refractivity contribution >= 4 is 17.4 Å². The van der Waals surface area contributed by atoms with Gasteiger partial charge in [-0.1, -0.05) is 12.1 Å². The minimum Gasteiger partial charge on any atom is -0.487 e. The molecule has 148 valence electrons. The van der Waals surface area contributed by atoms with Gasteiger partial charge in [0.1, 0.15) is 0 Å². The number of nitro benzene ring substituents is 1. The Balaban J connectivity index is 2.27. The van der Waals surface area contributed by atoms with Crippen molar-refractivity contribution in [1.29, 1.82) is 0 Å². The monoisotopic (exact) mass is 384 g/mol. The number of rotatable bonds is 7. The predicted octanol–water partition coefficient (Wildman–Crippen LogP) is 3.95. The number of amides is 1. The van der Waals surface area contributed by atoms with E-state index in [-0.39, 0.29) is 29.4 Å². The van der Waals surface area contributed by atoms with Gasteiger partial charge in [-0.3, -0.25) is 19.7 Å². The maximum atomic E-state index is 12.8. The van der Waals surface area contributed by atoms with Gasteiger partial charge in [-0.05, 0) is 57.0 Å². The van der Waals surface area contributed by atoms with Crippen LogP contribution in [-0.2, 0) is 0 Å². The zero-order chi connectivity index (χ0) is 21.0. The molecule has 0 heterocycles. The zero-order valence-corrected chi connectivity index (χ0v) is 16.7. The first-order valence-electron chi connectivity index (χ1n) is 8.97. The summed E-state index contributed by atoms with van der Waals surface area (Å²) in [6, 6.07) is 8.72. The zero-order valence-electron chi connectivity index (χ0n) is 16.7. The number of ether oxygens (including phenoxy) is 1. The molecular weight excluding hydrogens is 360 g/mol. The highest BCUT2D eigenvalue weighted by Gasteiger charge is 2.26. The minimum absolute atomic E-state index is 0.103. The molecule has 1 amide bonds. The van der Waals surface area contributed by atoms with E-state index in [1.807, 2.05) is 19.9 Å². The normalized spacial score (nSPS) is 11.6. The summed E-state index contributed by atoms with van der Waals surface area (Å²) in [4.78, 5) is 37.5. The second-order valence-corrected chi connectivity index (χ2v) is 6.63. The van der Waals surface area contributed by atoms with Crippen LogP contribution in [0.15, 0.2) is 36.4 Å². The number of benzene rings is 2. The van der Waals surface area contributed by atoms with Crippen LogP contribution < -0.4 is 4.74 Å². The van der Waals surface area contributed by atoms with E-state index in [1.165, 1.54) is 30.1 Å². The van der Waals surface area contributed by atoms with Crippen LogP contribution in [0, 0.1) is 24.0 Å². The molecule has 2 rings (SSSR count). The van der Waals surface area contributed by atoms with Crippen LogP contribution in [0.4, 0.5) is 5.69 Å². The van der Waals surface area contributed by atoms with Crippen LogP contribution in [0.5, 0.6) is 5.75 Å². The second kappa shape index (κ2) is 8.65. The summed E-state index contributed by atoms with van der Waals surface area (Å²) in [5.41, 5.74) is 2.43. The fourth-order valence-corrected chi connectivity index (χ4v) is 2.76. The van der Waals surface area contributed by atoms with Crippen LogP contribution in [-0.4, -0.2) is 41.2 Å². The van der Waals surface area contributed by atoms with E-state index in [2.05, 4.69) is 0 Å². The van der Waals surface area contributed by atoms with Gasteiger partial charge in [-0.25, -0.2) is 0 Å². The number of ketones is 1. The number of nitrogens with zero attached hydrogens (tertiary/aromatic N) is 2. The van der Waals surface area contributed by atoms with Gasteiger partial charge in [0.2, 0.25) is 0 Å². The Kier molecular flexibility index (Phi) is 6.51. The molecule has 0 radical (unpaired) electrons. The lowest BCUT2D eigenvalue weighted by atomic mass is 9.99. The number of hydrogen-bond acceptors (Lipinski definition) is 5. The smallest absolute Gasteiger partial charge is 0.311 e. The standard InChI is InChI=1S/C21H24N2O5/c1-6-28-19-10-9-17(12-18(19)23(26)27)21(25)22(5)15(4)20(24)16-8-7-13(2)14(3)11-16/h7-12,15H,6H2,1-5H3. The van der Waals surface area contributed by atoms with Gasteiger partial charge in [-0.15, -0.1) is 0 Å². The topological polar surface area (TPSA) is 89.8 Å². The maximum absolute atomic E-state index is 12.8. The molecule has 28 heavy (non-hydrogen) atoms. The van der Waals surface area contributed by atoms with Gasteiger partial charge in [0.25, 0.3) is 5.91 Å². The van der Waals surface area contributed by atoms with Gasteiger partial charge < -0.3 is 9.64 Å². The van der Waals surface area contributed by atoms with Gasteiger partial charge in [0.15, 0.2) is 11.5 Å². The van der Waals surface area contributed by atoms with Crippen molar-refractivity contribution in [3.05, 3.63) is 68.8 Å². The van der Waals surface area contributed by atoms with Gasteiger partial charge >= 0.3 is 5.69 Å². The van der Waals surface area contributed by atoms with Crippen LogP contribution in [0.1, 0.15) is 45.7 Å². The SMILES string of the molecule is CCOc1ccc(C(=O)N(C)C(C)C(=O)c2ccc(C)c(C)c2)cc1[N+](=O)[O-]. The largest absolute Gasteiger partial charge is 0.487 e. The van der Waals surface area contributed by atoms with Gasteiger partial charge in [0, 0.05) is 24.2 Å². The Hall–Kier alpha value is -3.22. The summed E-state index contributed by atoms with van der Waals surface area (Å²) >= 11 is 0. The third kappa shape index (κ3) is 4.36. The Bertz CT molecular complexity index is 923. The molecule has 7 nitrogen and oxygen atoms in total. The fraction of sp³-hybridized carbons (Fsp3) is 0.333. The molecule has 0 spiro atoms. The molecule has 7 heteroatoms. The summed E-state index contributed by atoms with van der Waals surface area (Å²) < 4.78 is 5.24. The molecule has 0 N–H and O–H groups in total. The lowest BCUT2D eigenvalue weighted by Crippen LogP contribution is -2.40. The summed E-state index contributed by atoms with van der Waals surface area (Å²) in [5, 5.41) is 11.3. The quantitative estimate of drug-likeness (QED) is 0.409. The van der Waals surface area contributed by atoms with Crippen LogP contribution in [0.3, 0.4) is 0 Å². The lowest BCUT2D eigenvalue weighted by molar-refractivity contribution is -0.385. The number of nitro groups is 1. The maximum Gasteiger partial charge on any atom is 0.311 e. The van der Waals surface area contributed by atoms with E-state index >= 15 is 0 Å². The first-order valence-corrected chi connectivity index (χ1v) is 8.97. The molecule has 0 aromatic heterocycles. The number of aryl methyl sites for hydroxylation is 2. The Morgan fingerprint density at radius 2 is 1.75 bits per heavy atom. The van der Waals surface area contributed by atoms with Crippen LogP contribution in [0.2, 0.25) is 0 Å². The highest BCUT2D eigenvalue weighted by Crippen LogP contribution is 2.28. The van der Waals surface area contributed by atoms with Crippen LogP contribution >= 0.6 is 0 Å². The average molecular weight is 384 g/mol. The first-order chi connectivity index (χ1) is 13.2. The Morgan fingerprint density at radius 1 is 1.11 bits per heavy atom. The van der Waals surface area contributed by atoms with Crippen molar-refractivity contribution in [2.45, 2.75) is 33.7 Å². The van der Waals surface area contributed by atoms with Crippen LogP contribution in [0.25, 0.3) is 0 Å². The lowest BCUT2D eigenvalue weighted by Gasteiger charge is -2.24. The van der Waals surface area contributed by atoms with Crippen molar-refractivity contribution < 1.29 is 19.2 Å². The molecule has 0 aliphatic carbocycles. The summed E-state index contributed by atoms with van der Waals surface area (Å²) in [6.07, 6.45) is 0. The predicted molar refractivity (Wildman–Crippen MR) is 106 cm³/mol. The van der Waals surface area contributed by atoms with Crippen molar-refractivity contribution in [2.75, 3.05) is 13.7 Å². The summed E-state index contributed by atoms with van der Waals surface area (Å²) in [7, 11) is 1.51. The Labute approximate surface area is 164 Å². The molecule has 0 aliphatic rings. The highest BCUT2D eigenvalue weighted by molar-refractivity contribution is 6.04. The second-order valence-electron chi connectivity index (χ2n) is 6.63. The molecule has 2 aromatic carbocycles. The summed E-state index contributed by atoms with van der Waals surface area (Å²) in [6.45, 7) is 7.51. The van der Waals surface area contributed by atoms with Crippen molar-refractivity contribution in [2.24, 2.45) is 0 Å². The number of carbonyl (C=O) groups is 2. The molecule has 0 saturated carbocycles. The molecule has 0 aliphatic heterocycles. The summed E-state index contributed by atoms with van der Waals surface area (Å²) in [5.74, 6) is -0.568. The van der Waals surface area contributed by atoms with E-state index in [1.54, 1.807) is 26.0 Å². The molecule has 2 aromatic rings. The third-order valence-electron chi connectivity index (χ3n) is 4.77. The highest BCUT2D eigenvalue weighted by atomic mass is 16.6. The number of carbonyl (C=O) groups excluding carboxylic acids is 2. The third-order valence-corrected chi connectivity index (χ3v) is 4.77. The average Bonchev–Trinajstić information content (AvgIpc) is 2.68. The van der Waals surface area contributed by atoms with Crippen molar-refractivity contribution in [3.63, 3.8) is 0 Å². The molecule has 1 atom stereocenters. The number of likely N-dealkylation sites (N-methyl/N-ethyl adjacent to an activating group) is 1. The molecule has 0 bridgehead atoms. The molecular formula is C21H24N2O5. The van der Waals surface area contributed by atoms with E-state index < -0.39 is 16.9 Å². The van der Waals surface area contributed by atoms with Gasteiger partial charge in [0.05, 0.1) is 17.6 Å². The van der Waals surface area contributed by atoms with E-state index in [9.17, 15) is 19.7 Å². The Morgan fingerprint density at radius 3 is 2.32 bits per heavy atom. The molecule has 0 saturated heterocycles. The van der Waals surface area contributed by atoms with E-state index in [0.717, 1.165) is 11.1 Å². The fourth-order valence-electron chi connectivity index (χ4n) is 2.76. The molecule has 0 fully saturated rings. The van der Waals surface area contributed by atoms with Crippen molar-refractivity contribution in [3.8, 4) is 5.75 Å². The molecule has 1 unspecified atom stereocenters. The first kappa shape index (κ1) is 21.1. The van der Waals surface area contributed by atoms with E-state index in [4.69, 9.17) is 4.74 Å². The minimum atomic E-state index is -0.722.